The average molecular weight is 925 g/mol. The van der Waals surface area contributed by atoms with E-state index >= 15 is 0 Å². The van der Waals surface area contributed by atoms with E-state index in [-0.39, 0.29) is 50.5 Å². The number of aliphatic hydroxyl groups is 1. The van der Waals surface area contributed by atoms with Crippen molar-refractivity contribution in [2.75, 3.05) is 6.54 Å². The van der Waals surface area contributed by atoms with Crippen LogP contribution in [0.3, 0.4) is 0 Å². The molecule has 2 aromatic carbocycles. The summed E-state index contributed by atoms with van der Waals surface area (Å²) in [5.41, 5.74) is 8.02. The zero-order chi connectivity index (χ0) is 48.8. The number of aromatic nitrogens is 3. The van der Waals surface area contributed by atoms with Crippen LogP contribution in [0.1, 0.15) is 83.5 Å². The Balaban J connectivity index is 1.36. The lowest BCUT2D eigenvalue weighted by atomic mass is 9.95. The predicted octanol–water partition coefficient (Wildman–Crippen LogP) is 1.19. The highest BCUT2D eigenvalue weighted by atomic mass is 16.3. The highest BCUT2D eigenvalue weighted by Gasteiger charge is 2.40. The maximum Gasteiger partial charge on any atom is 0.246 e. The lowest BCUT2D eigenvalue weighted by Gasteiger charge is -2.31. The van der Waals surface area contributed by atoms with Gasteiger partial charge in [0, 0.05) is 56.2 Å². The average Bonchev–Trinajstić information content (AvgIpc) is 4.08. The van der Waals surface area contributed by atoms with Gasteiger partial charge in [-0.25, -0.2) is 4.98 Å². The number of benzene rings is 2. The van der Waals surface area contributed by atoms with E-state index < -0.39 is 90.1 Å². The van der Waals surface area contributed by atoms with Crippen molar-refractivity contribution in [3.05, 3.63) is 90.1 Å². The molecule has 0 bridgehead atoms. The molecule has 1 fully saturated rings. The van der Waals surface area contributed by atoms with Crippen LogP contribution < -0.4 is 32.3 Å². The number of aromatic amines is 1. The molecule has 0 aliphatic carbocycles. The van der Waals surface area contributed by atoms with Gasteiger partial charge in [0.1, 0.15) is 30.2 Å². The van der Waals surface area contributed by atoms with Crippen molar-refractivity contribution < 1.29 is 43.5 Å². The summed E-state index contributed by atoms with van der Waals surface area (Å²) >= 11 is 0. The molecule has 19 heteroatoms. The molecule has 0 radical (unpaired) electrons. The van der Waals surface area contributed by atoms with Gasteiger partial charge in [0.15, 0.2) is 0 Å². The first kappa shape index (κ1) is 51.1. The molecule has 67 heavy (non-hydrogen) atoms. The number of para-hydroxylation sites is 1. The number of nitrogens with one attached hydrogen (secondary N) is 6. The number of hydrogen-bond donors (Lipinski definition) is 8. The van der Waals surface area contributed by atoms with Gasteiger partial charge < -0.3 is 47.3 Å². The molecule has 4 aromatic rings. The molecular weight excluding hydrogens is 861 g/mol. The third-order valence-electron chi connectivity index (χ3n) is 12.2. The second-order valence-corrected chi connectivity index (χ2v) is 17.8. The Kier molecular flexibility index (Phi) is 18.3. The number of likely N-dealkylation sites (tertiary alicyclic amines) is 1. The van der Waals surface area contributed by atoms with Gasteiger partial charge in [0.25, 0.3) is 0 Å². The summed E-state index contributed by atoms with van der Waals surface area (Å²) < 4.78 is 1.40. The first-order chi connectivity index (χ1) is 32.0. The van der Waals surface area contributed by atoms with Crippen molar-refractivity contribution in [1.29, 1.82) is 0 Å². The van der Waals surface area contributed by atoms with Gasteiger partial charge in [-0.05, 0) is 48.3 Å². The number of nitrogens with zero attached hydrogens (tertiary/aromatic N) is 3. The molecule has 2 aromatic heterocycles. The van der Waals surface area contributed by atoms with Crippen molar-refractivity contribution in [2.45, 2.75) is 128 Å². The molecule has 19 nitrogen and oxygen atoms in total. The van der Waals surface area contributed by atoms with Crippen LogP contribution in [0.25, 0.3) is 10.9 Å². The fourth-order valence-electron chi connectivity index (χ4n) is 8.52. The number of hydrogen-bond acceptors (Lipinski definition) is 10. The summed E-state index contributed by atoms with van der Waals surface area (Å²) in [4.78, 5) is 115. The predicted molar refractivity (Wildman–Crippen MR) is 249 cm³/mol. The Hall–Kier alpha value is -6.89. The minimum Gasteiger partial charge on any atom is -0.390 e. The standard InChI is InChI=1S/C48H64N10O9/c1-6-29(4)43(44(49)63)56-42(62)23-41(61)35(19-28(2)3)53-46(65)37(22-33-24-50-26-51-33)54-45(64)36(20-31-13-8-7-9-14-31)55-47(66)40-17-12-18-58(40)48(67)38(52-30(5)60)21-32-25-57(27-59)39-16-11-10-15-34(32)39/h7-11,13-16,24-29,35-38,40-41,43,61H,6,12,17-23H2,1-5H3,(H2,49,63)(H,50,51)(H,52,60)(H,53,65)(H,54,64)(H,55,66)(H,56,62)/t29-,35-,36-,37-,38-,40-,41?,43-/m0/s1. The van der Waals surface area contributed by atoms with Gasteiger partial charge in [-0.2, -0.15) is 0 Å². The number of H-pyrrole nitrogens is 1. The molecule has 0 saturated carbocycles. The van der Waals surface area contributed by atoms with Crippen molar-refractivity contribution in [1.82, 2.24) is 46.0 Å². The van der Waals surface area contributed by atoms with Gasteiger partial charge in [-0.15, -0.1) is 0 Å². The summed E-state index contributed by atoms with van der Waals surface area (Å²) in [6.45, 7) is 8.89. The lowest BCUT2D eigenvalue weighted by molar-refractivity contribution is -0.142. The topological polar surface area (TPSA) is 280 Å². The smallest absolute Gasteiger partial charge is 0.246 e. The summed E-state index contributed by atoms with van der Waals surface area (Å²) in [6.07, 6.45) is 4.91. The Morgan fingerprint density at radius 1 is 0.881 bits per heavy atom. The molecule has 0 spiro atoms. The first-order valence-electron chi connectivity index (χ1n) is 22.8. The number of fused-ring (bicyclic) bond motifs is 1. The monoisotopic (exact) mass is 924 g/mol. The van der Waals surface area contributed by atoms with E-state index in [2.05, 4.69) is 36.6 Å². The highest BCUT2D eigenvalue weighted by molar-refractivity contribution is 5.97. The minimum absolute atomic E-state index is 0.0134. The number of primary amides is 1. The molecule has 8 atom stereocenters. The fraction of sp³-hybridized carbons (Fsp3) is 0.479. The van der Waals surface area contributed by atoms with Crippen molar-refractivity contribution in [3.8, 4) is 0 Å². The summed E-state index contributed by atoms with van der Waals surface area (Å²) in [6, 6.07) is 9.64. The number of rotatable bonds is 24. The summed E-state index contributed by atoms with van der Waals surface area (Å²) in [5.74, 6) is -4.60. The molecule has 1 aliphatic rings. The maximum absolute atomic E-state index is 14.5. The number of nitrogens with two attached hydrogens (primary N) is 1. The van der Waals surface area contributed by atoms with Crippen LogP contribution in [0.15, 0.2) is 73.3 Å². The lowest BCUT2D eigenvalue weighted by Crippen LogP contribution is -2.59. The summed E-state index contributed by atoms with van der Waals surface area (Å²) in [7, 11) is 0. The second kappa shape index (κ2) is 24.0. The van der Waals surface area contributed by atoms with Crippen LogP contribution >= 0.6 is 0 Å². The number of amides is 7. The molecule has 360 valence electrons. The number of carbonyl (C=O) groups is 8. The SMILES string of the molecule is CC[C@H](C)[C@H](NC(=O)CC(O)[C@H](CC(C)C)NC(=O)[C@H](Cc1cnc[nH]1)NC(=O)[C@H](Cc1ccccc1)NC(=O)[C@@H]1CCCN1C(=O)[C@H](Cc1cn(C=O)c2ccccc12)NC(C)=O)C(N)=O. The Labute approximate surface area is 389 Å². The second-order valence-electron chi connectivity index (χ2n) is 17.8. The molecule has 1 aliphatic heterocycles. The quantitative estimate of drug-likeness (QED) is 0.0465. The fourth-order valence-corrected chi connectivity index (χ4v) is 8.52. The van der Waals surface area contributed by atoms with Crippen LogP contribution in [0.2, 0.25) is 0 Å². The van der Waals surface area contributed by atoms with Crippen molar-refractivity contribution in [3.63, 3.8) is 0 Å². The largest absolute Gasteiger partial charge is 0.390 e. The van der Waals surface area contributed by atoms with Crippen molar-refractivity contribution >= 4 is 58.7 Å². The molecule has 1 unspecified atom stereocenters. The zero-order valence-corrected chi connectivity index (χ0v) is 38.7. The van der Waals surface area contributed by atoms with Crippen LogP contribution in [0, 0.1) is 11.8 Å². The molecule has 7 amide bonds. The van der Waals surface area contributed by atoms with E-state index in [0.717, 1.165) is 5.39 Å². The molecule has 3 heterocycles. The van der Waals surface area contributed by atoms with Crippen LogP contribution in [-0.2, 0) is 57.6 Å². The third-order valence-corrected chi connectivity index (χ3v) is 12.2. The van der Waals surface area contributed by atoms with Gasteiger partial charge in [0.2, 0.25) is 47.8 Å². The van der Waals surface area contributed by atoms with Crippen LogP contribution in [0.4, 0.5) is 0 Å². The van der Waals surface area contributed by atoms with E-state index in [1.165, 1.54) is 28.9 Å². The van der Waals surface area contributed by atoms with E-state index in [4.69, 9.17) is 5.73 Å². The molecule has 1 saturated heterocycles. The van der Waals surface area contributed by atoms with Gasteiger partial charge in [-0.1, -0.05) is 82.6 Å². The summed E-state index contributed by atoms with van der Waals surface area (Å²) in [5, 5.41) is 25.9. The van der Waals surface area contributed by atoms with Gasteiger partial charge in [-0.3, -0.25) is 42.9 Å². The number of aliphatic hydroxyl groups excluding tert-OH is 1. The highest BCUT2D eigenvalue weighted by Crippen LogP contribution is 2.25. The number of imidazole rings is 1. The van der Waals surface area contributed by atoms with Crippen LogP contribution in [0.5, 0.6) is 0 Å². The molecule has 9 N–H and O–H groups in total. The normalized spacial score (nSPS) is 16.8. The Morgan fingerprint density at radius 2 is 1.57 bits per heavy atom. The Bertz CT molecular complexity index is 2350. The van der Waals surface area contributed by atoms with E-state index in [1.54, 1.807) is 61.7 Å². The third kappa shape index (κ3) is 14.1. The zero-order valence-electron chi connectivity index (χ0n) is 38.7. The van der Waals surface area contributed by atoms with Crippen molar-refractivity contribution in [2.24, 2.45) is 17.6 Å². The Morgan fingerprint density at radius 3 is 2.21 bits per heavy atom. The minimum atomic E-state index is -1.38. The molecular formula is C48H64N10O9. The molecule has 5 rings (SSSR count). The maximum atomic E-state index is 14.5. The first-order valence-corrected chi connectivity index (χ1v) is 22.8. The van der Waals surface area contributed by atoms with E-state index in [9.17, 15) is 43.5 Å². The van der Waals surface area contributed by atoms with E-state index in [0.29, 0.717) is 41.6 Å². The number of carbonyl (C=O) groups excluding carboxylic acids is 8. The van der Waals surface area contributed by atoms with Gasteiger partial charge in [0.05, 0.1) is 30.4 Å². The van der Waals surface area contributed by atoms with Crippen LogP contribution in [-0.4, -0.2) is 121 Å². The van der Waals surface area contributed by atoms with Gasteiger partial charge >= 0.3 is 0 Å². The van der Waals surface area contributed by atoms with E-state index in [1.807, 2.05) is 26.8 Å².